The maximum Gasteiger partial charge on any atom is 0.272 e. The van der Waals surface area contributed by atoms with Gasteiger partial charge in [0.15, 0.2) is 0 Å². The summed E-state index contributed by atoms with van der Waals surface area (Å²) < 4.78 is 5.05. The Bertz CT molecular complexity index is 664. The molecule has 2 rings (SSSR count). The van der Waals surface area contributed by atoms with Gasteiger partial charge in [0.1, 0.15) is 11.4 Å². The van der Waals surface area contributed by atoms with E-state index in [0.717, 1.165) is 0 Å². The molecule has 0 spiro atoms. The molecule has 0 atom stereocenters. The number of ether oxygens (including phenoxy) is 1. The van der Waals surface area contributed by atoms with Gasteiger partial charge < -0.3 is 20.8 Å². The molecule has 4 N–H and O–H groups in total. The zero-order chi connectivity index (χ0) is 13.8. The number of nitrogens with one attached hydrogen (secondary N) is 2. The first-order chi connectivity index (χ1) is 9.10. The number of hydrogen-bond donors (Lipinski definition) is 3. The summed E-state index contributed by atoms with van der Waals surface area (Å²) in [4.78, 5) is 25.5. The monoisotopic (exact) mass is 259 g/mol. The zero-order valence-corrected chi connectivity index (χ0v) is 10.3. The van der Waals surface area contributed by atoms with Gasteiger partial charge >= 0.3 is 0 Å². The van der Waals surface area contributed by atoms with Crippen LogP contribution in [0.1, 0.15) is 10.5 Å². The molecule has 0 saturated heterocycles. The Kier molecular flexibility index (Phi) is 3.51. The van der Waals surface area contributed by atoms with Crippen molar-refractivity contribution in [1.82, 2.24) is 4.98 Å². The average molecular weight is 259 g/mol. The Balaban J connectivity index is 2.26. The fourth-order valence-corrected chi connectivity index (χ4v) is 1.54. The molecule has 1 aromatic carbocycles. The third kappa shape index (κ3) is 2.92. The Labute approximate surface area is 109 Å². The van der Waals surface area contributed by atoms with Crippen LogP contribution in [0.3, 0.4) is 0 Å². The van der Waals surface area contributed by atoms with Crippen molar-refractivity contribution in [2.24, 2.45) is 0 Å². The molecule has 2 aromatic rings. The van der Waals surface area contributed by atoms with Crippen LogP contribution in [0.5, 0.6) is 5.75 Å². The molecule has 19 heavy (non-hydrogen) atoms. The minimum Gasteiger partial charge on any atom is -0.497 e. The van der Waals surface area contributed by atoms with Crippen LogP contribution < -0.4 is 21.3 Å². The maximum atomic E-state index is 11.9. The summed E-state index contributed by atoms with van der Waals surface area (Å²) in [5.41, 5.74) is 6.41. The number of aromatic amines is 1. The van der Waals surface area contributed by atoms with E-state index in [1.54, 1.807) is 18.2 Å². The number of nitrogens with two attached hydrogens (primary N) is 1. The van der Waals surface area contributed by atoms with Gasteiger partial charge in [-0.15, -0.1) is 0 Å². The number of carbonyl (C=O) groups excluding carboxylic acids is 1. The van der Waals surface area contributed by atoms with Crippen molar-refractivity contribution in [3.05, 3.63) is 52.4 Å². The standard InChI is InChI=1S/C13H13N3O3/c1-19-8-5-6-9(14)11(7-8)16-13(18)10-3-2-4-12(17)15-10/h2-7H,14H2,1H3,(H,15,17)(H,16,18). The first-order valence-corrected chi connectivity index (χ1v) is 5.54. The highest BCUT2D eigenvalue weighted by atomic mass is 16.5. The van der Waals surface area contributed by atoms with Crippen molar-refractivity contribution in [2.45, 2.75) is 0 Å². The second-order valence-corrected chi connectivity index (χ2v) is 3.84. The number of aromatic nitrogens is 1. The molecule has 0 unspecified atom stereocenters. The lowest BCUT2D eigenvalue weighted by Crippen LogP contribution is -2.18. The van der Waals surface area contributed by atoms with Gasteiger partial charge in [0.25, 0.3) is 5.91 Å². The number of H-pyrrole nitrogens is 1. The minimum atomic E-state index is -0.447. The van der Waals surface area contributed by atoms with E-state index in [1.165, 1.54) is 25.3 Å². The summed E-state index contributed by atoms with van der Waals surface area (Å²) in [5, 5.41) is 2.61. The van der Waals surface area contributed by atoms with Gasteiger partial charge in [-0.25, -0.2) is 0 Å². The molecule has 0 fully saturated rings. The van der Waals surface area contributed by atoms with Gasteiger partial charge in [0.05, 0.1) is 18.5 Å². The second-order valence-electron chi connectivity index (χ2n) is 3.84. The molecule has 0 radical (unpaired) electrons. The molecule has 0 aliphatic rings. The normalized spacial score (nSPS) is 9.95. The zero-order valence-electron chi connectivity index (χ0n) is 10.3. The van der Waals surface area contributed by atoms with E-state index in [0.29, 0.717) is 17.1 Å². The Hall–Kier alpha value is -2.76. The number of benzene rings is 1. The van der Waals surface area contributed by atoms with Crippen LogP contribution in [0.15, 0.2) is 41.2 Å². The number of carbonyl (C=O) groups is 1. The molecule has 6 nitrogen and oxygen atoms in total. The highest BCUT2D eigenvalue weighted by Crippen LogP contribution is 2.24. The fourth-order valence-electron chi connectivity index (χ4n) is 1.54. The molecular formula is C13H13N3O3. The SMILES string of the molecule is COc1ccc(N)c(NC(=O)c2cccc(=O)[nH]2)c1. The Morgan fingerprint density at radius 3 is 2.79 bits per heavy atom. The summed E-state index contributed by atoms with van der Waals surface area (Å²) in [6, 6.07) is 9.26. The molecule has 0 aliphatic carbocycles. The summed E-state index contributed by atoms with van der Waals surface area (Å²) in [5.74, 6) is 0.128. The van der Waals surface area contributed by atoms with Crippen LogP contribution >= 0.6 is 0 Å². The highest BCUT2D eigenvalue weighted by molar-refractivity contribution is 6.04. The van der Waals surface area contributed by atoms with Crippen LogP contribution in [0.2, 0.25) is 0 Å². The number of nitrogen functional groups attached to an aromatic ring is 1. The topological polar surface area (TPSA) is 97.2 Å². The van der Waals surface area contributed by atoms with E-state index < -0.39 is 5.91 Å². The summed E-state index contributed by atoms with van der Waals surface area (Å²) >= 11 is 0. The summed E-state index contributed by atoms with van der Waals surface area (Å²) in [7, 11) is 1.52. The lowest BCUT2D eigenvalue weighted by Gasteiger charge is -2.09. The van der Waals surface area contributed by atoms with E-state index in [1.807, 2.05) is 0 Å². The van der Waals surface area contributed by atoms with Crippen molar-refractivity contribution < 1.29 is 9.53 Å². The van der Waals surface area contributed by atoms with Crippen molar-refractivity contribution in [2.75, 3.05) is 18.2 Å². The molecule has 0 saturated carbocycles. The van der Waals surface area contributed by atoms with Crippen molar-refractivity contribution in [1.29, 1.82) is 0 Å². The van der Waals surface area contributed by atoms with Crippen molar-refractivity contribution >= 4 is 17.3 Å². The van der Waals surface area contributed by atoms with Gasteiger partial charge in [0, 0.05) is 12.1 Å². The largest absolute Gasteiger partial charge is 0.497 e. The predicted octanol–water partition coefficient (Wildman–Crippen LogP) is 1.22. The van der Waals surface area contributed by atoms with Gasteiger partial charge in [-0.2, -0.15) is 0 Å². The average Bonchev–Trinajstić information content (AvgIpc) is 2.41. The summed E-state index contributed by atoms with van der Waals surface area (Å²) in [6.45, 7) is 0. The van der Waals surface area contributed by atoms with E-state index in [-0.39, 0.29) is 11.3 Å². The second kappa shape index (κ2) is 5.26. The molecule has 1 aromatic heterocycles. The van der Waals surface area contributed by atoms with Crippen LogP contribution in [0.25, 0.3) is 0 Å². The molecule has 0 aliphatic heterocycles. The van der Waals surface area contributed by atoms with Crippen LogP contribution in [0, 0.1) is 0 Å². The van der Waals surface area contributed by atoms with E-state index >= 15 is 0 Å². The first-order valence-electron chi connectivity index (χ1n) is 5.54. The number of methoxy groups -OCH3 is 1. The fraction of sp³-hybridized carbons (Fsp3) is 0.0769. The minimum absolute atomic E-state index is 0.162. The third-order valence-corrected chi connectivity index (χ3v) is 2.52. The van der Waals surface area contributed by atoms with Crippen molar-refractivity contribution in [3.63, 3.8) is 0 Å². The van der Waals surface area contributed by atoms with Gasteiger partial charge in [-0.1, -0.05) is 6.07 Å². The number of anilines is 2. The van der Waals surface area contributed by atoms with Crippen molar-refractivity contribution in [3.8, 4) is 5.75 Å². The molecule has 6 heteroatoms. The van der Waals surface area contributed by atoms with Gasteiger partial charge in [-0.3, -0.25) is 9.59 Å². The Morgan fingerprint density at radius 2 is 2.11 bits per heavy atom. The molecule has 98 valence electrons. The van der Waals surface area contributed by atoms with Gasteiger partial charge in [-0.05, 0) is 18.2 Å². The highest BCUT2D eigenvalue weighted by Gasteiger charge is 2.09. The molecule has 1 amide bonds. The predicted molar refractivity (Wildman–Crippen MR) is 72.4 cm³/mol. The lowest BCUT2D eigenvalue weighted by molar-refractivity contribution is 0.102. The third-order valence-electron chi connectivity index (χ3n) is 2.52. The van der Waals surface area contributed by atoms with Crippen LogP contribution in [-0.2, 0) is 0 Å². The first kappa shape index (κ1) is 12.7. The number of rotatable bonds is 3. The molecule has 0 bridgehead atoms. The molecule has 1 heterocycles. The summed E-state index contributed by atoms with van der Waals surface area (Å²) in [6.07, 6.45) is 0. The van der Waals surface area contributed by atoms with Gasteiger partial charge in [0.2, 0.25) is 5.56 Å². The van der Waals surface area contributed by atoms with E-state index in [2.05, 4.69) is 10.3 Å². The number of pyridine rings is 1. The van der Waals surface area contributed by atoms with E-state index in [4.69, 9.17) is 10.5 Å². The number of amides is 1. The van der Waals surface area contributed by atoms with Crippen LogP contribution in [-0.4, -0.2) is 18.0 Å². The quantitative estimate of drug-likeness (QED) is 0.722. The van der Waals surface area contributed by atoms with E-state index in [9.17, 15) is 9.59 Å². The van der Waals surface area contributed by atoms with Crippen LogP contribution in [0.4, 0.5) is 11.4 Å². The Morgan fingerprint density at radius 1 is 1.32 bits per heavy atom. The molecular weight excluding hydrogens is 246 g/mol. The maximum absolute atomic E-state index is 11.9. The smallest absolute Gasteiger partial charge is 0.272 e. The number of hydrogen-bond acceptors (Lipinski definition) is 4. The lowest BCUT2D eigenvalue weighted by atomic mass is 10.2.